The van der Waals surface area contributed by atoms with E-state index in [0.29, 0.717) is 12.5 Å². The zero-order chi connectivity index (χ0) is 15.3. The summed E-state index contributed by atoms with van der Waals surface area (Å²) in [4.78, 5) is 1.94. The van der Waals surface area contributed by atoms with Crippen LogP contribution >= 0.6 is 0 Å². The Kier molecular flexibility index (Phi) is 6.12. The van der Waals surface area contributed by atoms with Crippen LogP contribution in [-0.4, -0.2) is 55.3 Å². The monoisotopic (exact) mass is 304 g/mol. The van der Waals surface area contributed by atoms with Gasteiger partial charge in [-0.25, -0.2) is 13.1 Å². The van der Waals surface area contributed by atoms with Crippen LogP contribution < -0.4 is 4.72 Å². The number of aliphatic hydroxyl groups excluding tert-OH is 1. The van der Waals surface area contributed by atoms with Gasteiger partial charge < -0.3 is 10.0 Å². The highest BCUT2D eigenvalue weighted by atomic mass is 32.2. The minimum absolute atomic E-state index is 0.0625. The molecule has 1 aromatic heterocycles. The maximum Gasteiger partial charge on any atom is 0.258 e. The highest BCUT2D eigenvalue weighted by Gasteiger charge is 2.25. The van der Waals surface area contributed by atoms with E-state index in [0.717, 1.165) is 6.42 Å². The molecule has 0 saturated carbocycles. The fourth-order valence-electron chi connectivity index (χ4n) is 2.09. The summed E-state index contributed by atoms with van der Waals surface area (Å²) in [5, 5.41) is 15.2. The van der Waals surface area contributed by atoms with Gasteiger partial charge in [0.2, 0.25) is 0 Å². The Morgan fingerprint density at radius 1 is 1.45 bits per heavy atom. The molecule has 1 unspecified atom stereocenters. The molecule has 116 valence electrons. The van der Waals surface area contributed by atoms with Gasteiger partial charge in [0.1, 0.15) is 0 Å². The number of rotatable bonds is 8. The topological polar surface area (TPSA) is 98.3 Å². The van der Waals surface area contributed by atoms with Crippen LogP contribution in [0, 0.1) is 5.92 Å². The lowest BCUT2D eigenvalue weighted by molar-refractivity contribution is 0.278. The van der Waals surface area contributed by atoms with E-state index >= 15 is 0 Å². The van der Waals surface area contributed by atoms with E-state index in [1.807, 2.05) is 32.8 Å². The van der Waals surface area contributed by atoms with E-state index in [1.54, 1.807) is 0 Å². The zero-order valence-electron chi connectivity index (χ0n) is 12.4. The van der Waals surface area contributed by atoms with Crippen LogP contribution in [0.3, 0.4) is 0 Å². The quantitative estimate of drug-likeness (QED) is 0.635. The van der Waals surface area contributed by atoms with E-state index in [1.165, 1.54) is 6.20 Å². The Labute approximate surface area is 120 Å². The van der Waals surface area contributed by atoms with Gasteiger partial charge in [0.05, 0.1) is 12.8 Å². The van der Waals surface area contributed by atoms with Crippen LogP contribution in [0.25, 0.3) is 0 Å². The minimum Gasteiger partial charge on any atom is -0.392 e. The van der Waals surface area contributed by atoms with Gasteiger partial charge in [0.25, 0.3) is 10.0 Å². The average molecular weight is 304 g/mol. The Bertz CT molecular complexity index is 501. The molecular formula is C12H24N4O3S. The predicted molar refractivity (Wildman–Crippen MR) is 76.6 cm³/mol. The third-order valence-electron chi connectivity index (χ3n) is 2.78. The summed E-state index contributed by atoms with van der Waals surface area (Å²) in [6, 6.07) is -0.190. The van der Waals surface area contributed by atoms with Crippen molar-refractivity contribution in [3.8, 4) is 0 Å². The molecule has 0 spiro atoms. The lowest BCUT2D eigenvalue weighted by Gasteiger charge is -2.23. The average Bonchev–Trinajstić information content (AvgIpc) is 2.74. The molecule has 0 bridgehead atoms. The van der Waals surface area contributed by atoms with E-state index in [4.69, 9.17) is 5.11 Å². The van der Waals surface area contributed by atoms with Crippen LogP contribution in [0.5, 0.6) is 0 Å². The van der Waals surface area contributed by atoms with Crippen molar-refractivity contribution in [2.24, 2.45) is 5.92 Å². The number of likely N-dealkylation sites (N-methyl/N-ethyl adjacent to an activating group) is 1. The van der Waals surface area contributed by atoms with Gasteiger partial charge in [-0.3, -0.25) is 5.10 Å². The molecule has 0 saturated heterocycles. The Morgan fingerprint density at radius 3 is 2.60 bits per heavy atom. The summed E-state index contributed by atoms with van der Waals surface area (Å²) in [5.74, 6) is 0.377. The van der Waals surface area contributed by atoms with Crippen LogP contribution in [0.4, 0.5) is 0 Å². The Balaban J connectivity index is 2.90. The largest absolute Gasteiger partial charge is 0.392 e. The zero-order valence-corrected chi connectivity index (χ0v) is 13.2. The van der Waals surface area contributed by atoms with Gasteiger partial charge in [-0.1, -0.05) is 13.8 Å². The first-order chi connectivity index (χ1) is 9.26. The number of hydrogen-bond donors (Lipinski definition) is 3. The lowest BCUT2D eigenvalue weighted by atomic mass is 10.0. The Morgan fingerprint density at radius 2 is 2.10 bits per heavy atom. The first-order valence-corrected chi connectivity index (χ1v) is 8.04. The number of aromatic amines is 1. The summed E-state index contributed by atoms with van der Waals surface area (Å²) in [6.07, 6.45) is 2.05. The van der Waals surface area contributed by atoms with Crippen molar-refractivity contribution in [3.05, 3.63) is 11.8 Å². The lowest BCUT2D eigenvalue weighted by Crippen LogP contribution is -2.42. The molecule has 3 N–H and O–H groups in total. The molecule has 0 aliphatic heterocycles. The first kappa shape index (κ1) is 17.1. The molecule has 0 aliphatic carbocycles. The molecule has 0 radical (unpaired) electrons. The highest BCUT2D eigenvalue weighted by molar-refractivity contribution is 7.89. The van der Waals surface area contributed by atoms with Crippen molar-refractivity contribution in [1.29, 1.82) is 0 Å². The molecule has 8 heteroatoms. The van der Waals surface area contributed by atoms with Crippen molar-refractivity contribution in [1.82, 2.24) is 19.8 Å². The number of aliphatic hydroxyl groups is 1. The number of nitrogens with one attached hydrogen (secondary N) is 2. The number of H-pyrrole nitrogens is 1. The third-order valence-corrected chi connectivity index (χ3v) is 4.32. The molecular weight excluding hydrogens is 280 g/mol. The molecule has 1 heterocycles. The van der Waals surface area contributed by atoms with Gasteiger partial charge in [-0.15, -0.1) is 0 Å². The summed E-state index contributed by atoms with van der Waals surface area (Å²) < 4.78 is 27.4. The minimum atomic E-state index is -3.70. The van der Waals surface area contributed by atoms with Crippen LogP contribution in [0.1, 0.15) is 25.8 Å². The summed E-state index contributed by atoms with van der Waals surface area (Å²) in [5.41, 5.74) is 0.269. The van der Waals surface area contributed by atoms with Gasteiger partial charge >= 0.3 is 0 Å². The SMILES string of the molecule is CC(C)CC(CN(C)C)NS(=O)(=O)c1[nH]ncc1CO. The maximum absolute atomic E-state index is 12.3. The molecule has 1 aromatic rings. The van der Waals surface area contributed by atoms with Crippen LogP contribution in [0.15, 0.2) is 11.2 Å². The van der Waals surface area contributed by atoms with E-state index in [2.05, 4.69) is 14.9 Å². The summed E-state index contributed by atoms with van der Waals surface area (Å²) in [6.45, 7) is 4.34. The van der Waals surface area contributed by atoms with Crippen molar-refractivity contribution >= 4 is 10.0 Å². The van der Waals surface area contributed by atoms with Crippen LogP contribution in [0.2, 0.25) is 0 Å². The van der Waals surface area contributed by atoms with Gasteiger partial charge in [-0.05, 0) is 26.4 Å². The maximum atomic E-state index is 12.3. The molecule has 0 fully saturated rings. The predicted octanol–water partition coefficient (Wildman–Crippen LogP) is 0.157. The standard InChI is InChI=1S/C12H24N4O3S/c1-9(2)5-11(7-16(3)4)15-20(18,19)12-10(8-17)6-13-14-12/h6,9,11,15,17H,5,7-8H2,1-4H3,(H,13,14). The van der Waals surface area contributed by atoms with E-state index < -0.39 is 10.0 Å². The van der Waals surface area contributed by atoms with Gasteiger partial charge in [-0.2, -0.15) is 5.10 Å². The molecule has 0 amide bonds. The second-order valence-corrected chi connectivity index (χ2v) is 7.24. The van der Waals surface area contributed by atoms with Gasteiger partial charge in [0, 0.05) is 18.2 Å². The Hall–Kier alpha value is -0.960. The molecule has 0 aliphatic rings. The van der Waals surface area contributed by atoms with Crippen molar-refractivity contribution in [2.45, 2.75) is 37.9 Å². The van der Waals surface area contributed by atoms with E-state index in [-0.39, 0.29) is 23.2 Å². The fourth-order valence-corrected chi connectivity index (χ4v) is 3.46. The molecule has 20 heavy (non-hydrogen) atoms. The number of hydrogen-bond acceptors (Lipinski definition) is 5. The highest BCUT2D eigenvalue weighted by Crippen LogP contribution is 2.14. The number of aromatic nitrogens is 2. The van der Waals surface area contributed by atoms with Crippen molar-refractivity contribution in [3.63, 3.8) is 0 Å². The molecule has 7 nitrogen and oxygen atoms in total. The summed E-state index contributed by atoms with van der Waals surface area (Å²) in [7, 11) is 0.0947. The fraction of sp³-hybridized carbons (Fsp3) is 0.750. The van der Waals surface area contributed by atoms with Crippen molar-refractivity contribution in [2.75, 3.05) is 20.6 Å². The third kappa shape index (κ3) is 4.86. The smallest absolute Gasteiger partial charge is 0.258 e. The molecule has 1 atom stereocenters. The first-order valence-electron chi connectivity index (χ1n) is 6.56. The number of nitrogens with zero attached hydrogens (tertiary/aromatic N) is 2. The second-order valence-electron chi connectivity index (χ2n) is 5.59. The second kappa shape index (κ2) is 7.16. The van der Waals surface area contributed by atoms with Crippen LogP contribution in [-0.2, 0) is 16.6 Å². The van der Waals surface area contributed by atoms with Crippen molar-refractivity contribution < 1.29 is 13.5 Å². The molecule has 1 rings (SSSR count). The normalized spacial score (nSPS) is 14.2. The molecule has 0 aromatic carbocycles. The van der Waals surface area contributed by atoms with Gasteiger partial charge in [0.15, 0.2) is 5.03 Å². The number of sulfonamides is 1. The van der Waals surface area contributed by atoms with E-state index in [9.17, 15) is 8.42 Å². The summed E-state index contributed by atoms with van der Waals surface area (Å²) >= 11 is 0.